The number of pyridine rings is 1. The Morgan fingerprint density at radius 1 is 1.19 bits per heavy atom. The Hall–Kier alpha value is -2.93. The molecule has 1 aliphatic heterocycles. The van der Waals surface area contributed by atoms with Gasteiger partial charge in [-0.2, -0.15) is 0 Å². The predicted octanol–water partition coefficient (Wildman–Crippen LogP) is 5.54. The van der Waals surface area contributed by atoms with E-state index in [1.54, 1.807) is 17.0 Å². The van der Waals surface area contributed by atoms with E-state index in [-0.39, 0.29) is 16.7 Å². The zero-order valence-corrected chi connectivity index (χ0v) is 18.5. The largest absolute Gasteiger partial charge is 0.444 e. The maximum Gasteiger partial charge on any atom is 0.410 e. The number of likely N-dealkylation sites (tertiary alicyclic amines) is 1. The molecule has 3 rings (SSSR count). The van der Waals surface area contributed by atoms with E-state index < -0.39 is 17.3 Å². The van der Waals surface area contributed by atoms with Gasteiger partial charge in [0.1, 0.15) is 17.2 Å². The summed E-state index contributed by atoms with van der Waals surface area (Å²) in [6, 6.07) is 9.11. The van der Waals surface area contributed by atoms with Crippen molar-refractivity contribution < 1.29 is 18.7 Å². The number of rotatable bonds is 3. The minimum atomic E-state index is -0.694. The first kappa shape index (κ1) is 22.7. The van der Waals surface area contributed by atoms with Crippen LogP contribution in [0.15, 0.2) is 42.0 Å². The van der Waals surface area contributed by atoms with Crippen LogP contribution < -0.4 is 5.32 Å². The van der Waals surface area contributed by atoms with Crippen molar-refractivity contribution in [2.45, 2.75) is 39.2 Å². The Morgan fingerprint density at radius 2 is 1.90 bits per heavy atom. The third-order valence-corrected chi connectivity index (χ3v) is 4.83. The lowest BCUT2D eigenvalue weighted by Gasteiger charge is -2.31. The lowest BCUT2D eigenvalue weighted by molar-refractivity contribution is 0.0236. The van der Waals surface area contributed by atoms with E-state index in [2.05, 4.69) is 10.3 Å². The number of amides is 2. The Balaban J connectivity index is 1.62. The third-order valence-electron chi connectivity index (χ3n) is 4.60. The summed E-state index contributed by atoms with van der Waals surface area (Å²) in [4.78, 5) is 30.7. The Bertz CT molecular complexity index is 1010. The second-order valence-corrected chi connectivity index (χ2v) is 8.73. The first-order valence-corrected chi connectivity index (χ1v) is 10.4. The molecule has 2 aromatic rings. The molecule has 8 heteroatoms. The highest BCUT2D eigenvalue weighted by Crippen LogP contribution is 2.22. The van der Waals surface area contributed by atoms with Gasteiger partial charge >= 0.3 is 6.09 Å². The molecule has 1 aromatic carbocycles. The van der Waals surface area contributed by atoms with Gasteiger partial charge in [0.25, 0.3) is 5.91 Å². The molecule has 2 amide bonds. The van der Waals surface area contributed by atoms with E-state index in [0.717, 1.165) is 11.6 Å². The van der Waals surface area contributed by atoms with E-state index in [4.69, 9.17) is 16.3 Å². The normalized spacial score (nSPS) is 14.2. The van der Waals surface area contributed by atoms with Gasteiger partial charge in [-0.05, 0) is 70.0 Å². The number of hydrogen-bond donors (Lipinski definition) is 1. The standard InChI is InChI=1S/C23H25ClFN3O3/c1-23(2,3)31-22(30)28-11-9-15(10-12-28)13-17-5-4-6-20(26-17)27-21(29)18-8-7-16(24)14-19(18)25/h4-8,13-14H,9-12H2,1-3H3,(H,26,27,29). The van der Waals surface area contributed by atoms with Gasteiger partial charge in [0.15, 0.2) is 0 Å². The number of anilines is 1. The minimum absolute atomic E-state index is 0.107. The number of nitrogens with zero attached hydrogens (tertiary/aromatic N) is 2. The van der Waals surface area contributed by atoms with Crippen molar-refractivity contribution >= 4 is 35.5 Å². The fourth-order valence-electron chi connectivity index (χ4n) is 3.12. The van der Waals surface area contributed by atoms with Crippen LogP contribution in [-0.2, 0) is 4.74 Å². The fraction of sp³-hybridized carbons (Fsp3) is 0.348. The third kappa shape index (κ3) is 6.52. The van der Waals surface area contributed by atoms with Crippen molar-refractivity contribution in [2.75, 3.05) is 18.4 Å². The molecule has 1 aromatic heterocycles. The summed E-state index contributed by atoms with van der Waals surface area (Å²) in [5.41, 5.74) is 1.20. The van der Waals surface area contributed by atoms with E-state index in [1.165, 1.54) is 12.1 Å². The molecule has 0 saturated carbocycles. The van der Waals surface area contributed by atoms with E-state index in [0.29, 0.717) is 37.4 Å². The van der Waals surface area contributed by atoms with Gasteiger partial charge in [0, 0.05) is 18.1 Å². The number of carbonyl (C=O) groups is 2. The lowest BCUT2D eigenvalue weighted by Crippen LogP contribution is -2.40. The Labute approximate surface area is 186 Å². The fourth-order valence-corrected chi connectivity index (χ4v) is 3.27. The summed E-state index contributed by atoms with van der Waals surface area (Å²) in [6.45, 7) is 6.69. The van der Waals surface area contributed by atoms with Crippen LogP contribution in [0.5, 0.6) is 0 Å². The van der Waals surface area contributed by atoms with Crippen LogP contribution in [0.25, 0.3) is 6.08 Å². The number of nitrogens with one attached hydrogen (secondary N) is 1. The Kier molecular flexibility index (Phi) is 6.95. The van der Waals surface area contributed by atoms with Crippen LogP contribution in [0.2, 0.25) is 5.02 Å². The zero-order valence-electron chi connectivity index (χ0n) is 17.7. The highest BCUT2D eigenvalue weighted by molar-refractivity contribution is 6.30. The van der Waals surface area contributed by atoms with Crippen molar-refractivity contribution in [3.8, 4) is 0 Å². The highest BCUT2D eigenvalue weighted by Gasteiger charge is 2.24. The number of benzene rings is 1. The van der Waals surface area contributed by atoms with E-state index >= 15 is 0 Å². The monoisotopic (exact) mass is 445 g/mol. The molecule has 0 spiro atoms. The molecule has 0 atom stereocenters. The van der Waals surface area contributed by atoms with Gasteiger partial charge in [0.2, 0.25) is 0 Å². The second-order valence-electron chi connectivity index (χ2n) is 8.30. The zero-order chi connectivity index (χ0) is 22.6. The van der Waals surface area contributed by atoms with Crippen LogP contribution in [0.3, 0.4) is 0 Å². The van der Waals surface area contributed by atoms with Gasteiger partial charge in [-0.1, -0.05) is 23.2 Å². The highest BCUT2D eigenvalue weighted by atomic mass is 35.5. The van der Waals surface area contributed by atoms with E-state index in [1.807, 2.05) is 32.9 Å². The first-order valence-electron chi connectivity index (χ1n) is 10.0. The SMILES string of the molecule is CC(C)(C)OC(=O)N1CCC(=Cc2cccc(NC(=O)c3ccc(Cl)cc3F)n2)CC1. The molecule has 1 saturated heterocycles. The predicted molar refractivity (Wildman–Crippen MR) is 119 cm³/mol. The molecule has 2 heterocycles. The van der Waals surface area contributed by atoms with Crippen molar-refractivity contribution in [1.29, 1.82) is 0 Å². The molecule has 31 heavy (non-hydrogen) atoms. The maximum atomic E-state index is 14.0. The summed E-state index contributed by atoms with van der Waals surface area (Å²) in [5.74, 6) is -0.975. The van der Waals surface area contributed by atoms with Crippen molar-refractivity contribution in [3.05, 3.63) is 64.1 Å². The van der Waals surface area contributed by atoms with Crippen LogP contribution in [0, 0.1) is 5.82 Å². The lowest BCUT2D eigenvalue weighted by atomic mass is 10.0. The molecule has 0 radical (unpaired) electrons. The number of hydrogen-bond acceptors (Lipinski definition) is 4. The van der Waals surface area contributed by atoms with Crippen molar-refractivity contribution in [1.82, 2.24) is 9.88 Å². The van der Waals surface area contributed by atoms with Crippen molar-refractivity contribution in [2.24, 2.45) is 0 Å². The van der Waals surface area contributed by atoms with Crippen LogP contribution in [0.1, 0.15) is 49.7 Å². The number of halogens is 2. The van der Waals surface area contributed by atoms with Crippen LogP contribution in [0.4, 0.5) is 15.0 Å². The quantitative estimate of drug-likeness (QED) is 0.673. The number of piperidine rings is 1. The molecule has 1 N–H and O–H groups in total. The van der Waals surface area contributed by atoms with Crippen LogP contribution >= 0.6 is 11.6 Å². The molecule has 1 aliphatic rings. The molecule has 0 bridgehead atoms. The number of aromatic nitrogens is 1. The smallest absolute Gasteiger partial charge is 0.410 e. The van der Waals surface area contributed by atoms with Crippen molar-refractivity contribution in [3.63, 3.8) is 0 Å². The van der Waals surface area contributed by atoms with Gasteiger partial charge in [-0.25, -0.2) is 14.2 Å². The summed E-state index contributed by atoms with van der Waals surface area (Å²) in [5, 5.41) is 2.83. The molecule has 6 nitrogen and oxygen atoms in total. The molecule has 164 valence electrons. The average Bonchev–Trinajstić information content (AvgIpc) is 2.67. The molecule has 0 aliphatic carbocycles. The van der Waals surface area contributed by atoms with E-state index in [9.17, 15) is 14.0 Å². The van der Waals surface area contributed by atoms with Gasteiger partial charge < -0.3 is 15.0 Å². The minimum Gasteiger partial charge on any atom is -0.444 e. The summed E-state index contributed by atoms with van der Waals surface area (Å²) >= 11 is 5.73. The second kappa shape index (κ2) is 9.47. The molecule has 0 unspecified atom stereocenters. The maximum absolute atomic E-state index is 14.0. The average molecular weight is 446 g/mol. The molecular weight excluding hydrogens is 421 g/mol. The van der Waals surface area contributed by atoms with Gasteiger partial charge in [-0.15, -0.1) is 0 Å². The topological polar surface area (TPSA) is 71.5 Å². The molecular formula is C23H25ClFN3O3. The van der Waals surface area contributed by atoms with Gasteiger partial charge in [0.05, 0.1) is 11.3 Å². The van der Waals surface area contributed by atoms with Gasteiger partial charge in [-0.3, -0.25) is 4.79 Å². The number of carbonyl (C=O) groups excluding carboxylic acids is 2. The van der Waals surface area contributed by atoms with Crippen LogP contribution in [-0.4, -0.2) is 40.6 Å². The first-order chi connectivity index (χ1) is 14.6. The Morgan fingerprint density at radius 3 is 2.55 bits per heavy atom. The molecule has 1 fully saturated rings. The summed E-state index contributed by atoms with van der Waals surface area (Å²) < 4.78 is 19.4. The number of ether oxygens (including phenoxy) is 1. The summed E-state index contributed by atoms with van der Waals surface area (Å²) in [6.07, 6.45) is 3.08. The summed E-state index contributed by atoms with van der Waals surface area (Å²) in [7, 11) is 0.